The smallest absolute Gasteiger partial charge is 0.261 e. The fourth-order valence-corrected chi connectivity index (χ4v) is 8.56. The molecule has 6 aliphatic rings. The van der Waals surface area contributed by atoms with Gasteiger partial charge >= 0.3 is 0 Å². The van der Waals surface area contributed by atoms with Gasteiger partial charge in [-0.1, -0.05) is 36.4 Å². The molecule has 0 atom stereocenters. The average molecular weight is 455 g/mol. The molecule has 2 aromatic rings. The predicted octanol–water partition coefficient (Wildman–Crippen LogP) is 5.42. The summed E-state index contributed by atoms with van der Waals surface area (Å²) < 4.78 is 0. The average Bonchev–Trinajstić information content (AvgIpc) is 3.09. The van der Waals surface area contributed by atoms with E-state index in [2.05, 4.69) is 41.3 Å². The third-order valence-corrected chi connectivity index (χ3v) is 9.74. The largest absolute Gasteiger partial charge is 0.299 e. The highest BCUT2D eigenvalue weighted by Crippen LogP contribution is 2.60. The number of imide groups is 1. The van der Waals surface area contributed by atoms with Crippen molar-refractivity contribution < 1.29 is 9.59 Å². The highest BCUT2D eigenvalue weighted by molar-refractivity contribution is 6.21. The monoisotopic (exact) mass is 454 g/mol. The van der Waals surface area contributed by atoms with E-state index in [4.69, 9.17) is 0 Å². The van der Waals surface area contributed by atoms with Gasteiger partial charge in [0.2, 0.25) is 0 Å². The number of hydrogen-bond donors (Lipinski definition) is 0. The summed E-state index contributed by atoms with van der Waals surface area (Å²) in [6, 6.07) is 16.9. The molecule has 0 spiro atoms. The molecule has 0 N–H and O–H groups in total. The van der Waals surface area contributed by atoms with Gasteiger partial charge in [0.25, 0.3) is 11.8 Å². The maximum Gasteiger partial charge on any atom is 0.261 e. The minimum absolute atomic E-state index is 0.0161. The van der Waals surface area contributed by atoms with Gasteiger partial charge in [0, 0.05) is 25.7 Å². The lowest BCUT2D eigenvalue weighted by atomic mass is 9.48. The van der Waals surface area contributed by atoms with Crippen LogP contribution in [0, 0.1) is 17.8 Å². The lowest BCUT2D eigenvalue weighted by Gasteiger charge is -2.57. The standard InChI is InChI=1S/C30H34N2O2/c33-28-26-7-6-24(30-16-21-12-22(17-30)14-23(13-21)18-30)15-27(26)29(34)32(28)25-8-10-31(11-9-25)19-20-4-2-1-3-5-20/h1-7,15,21-23,25H,8-14,16-19H2. The number of rotatable bonds is 4. The number of fused-ring (bicyclic) bond motifs is 1. The van der Waals surface area contributed by atoms with E-state index in [0.29, 0.717) is 11.1 Å². The van der Waals surface area contributed by atoms with Crippen molar-refractivity contribution in [2.75, 3.05) is 13.1 Å². The van der Waals surface area contributed by atoms with E-state index >= 15 is 0 Å². The second-order valence-electron chi connectivity index (χ2n) is 11.9. The molecule has 8 rings (SSSR count). The van der Waals surface area contributed by atoms with Crippen molar-refractivity contribution in [2.24, 2.45) is 17.8 Å². The summed E-state index contributed by atoms with van der Waals surface area (Å²) in [5.41, 5.74) is 4.21. The number of carbonyl (C=O) groups excluding carboxylic acids is 2. The lowest BCUT2D eigenvalue weighted by molar-refractivity contribution is -0.00520. The molecular weight excluding hydrogens is 420 g/mol. The van der Waals surface area contributed by atoms with Crippen LogP contribution in [0.2, 0.25) is 0 Å². The van der Waals surface area contributed by atoms with Gasteiger partial charge in [-0.2, -0.15) is 0 Å². The number of amides is 2. The maximum atomic E-state index is 13.5. The Bertz CT molecular complexity index is 1100. The predicted molar refractivity (Wildman–Crippen MR) is 132 cm³/mol. The summed E-state index contributed by atoms with van der Waals surface area (Å²) in [4.78, 5) is 30.9. The van der Waals surface area contributed by atoms with E-state index in [0.717, 1.165) is 50.2 Å². The number of carbonyl (C=O) groups is 2. The summed E-state index contributed by atoms with van der Waals surface area (Å²) in [6.07, 6.45) is 9.81. The van der Waals surface area contributed by atoms with E-state index in [1.165, 1.54) is 49.7 Å². The molecular formula is C30H34N2O2. The number of hydrogen-bond acceptors (Lipinski definition) is 3. The van der Waals surface area contributed by atoms with Crippen LogP contribution in [0.4, 0.5) is 0 Å². The Labute approximate surface area is 202 Å². The topological polar surface area (TPSA) is 40.6 Å². The van der Waals surface area contributed by atoms with Gasteiger partial charge in [0.15, 0.2) is 0 Å². The molecule has 2 heterocycles. The quantitative estimate of drug-likeness (QED) is 0.580. The van der Waals surface area contributed by atoms with Crippen LogP contribution >= 0.6 is 0 Å². The highest BCUT2D eigenvalue weighted by Gasteiger charge is 2.52. The molecule has 2 amide bonds. The zero-order chi connectivity index (χ0) is 22.9. The minimum atomic E-state index is -0.0708. The number of nitrogens with zero attached hydrogens (tertiary/aromatic N) is 2. The molecule has 4 heteroatoms. The van der Waals surface area contributed by atoms with Crippen molar-refractivity contribution in [2.45, 2.75) is 69.4 Å². The van der Waals surface area contributed by atoms with Crippen LogP contribution in [-0.2, 0) is 12.0 Å². The third-order valence-electron chi connectivity index (χ3n) is 9.74. The molecule has 176 valence electrons. The van der Waals surface area contributed by atoms with Gasteiger partial charge < -0.3 is 0 Å². The first-order valence-electron chi connectivity index (χ1n) is 13.4. The van der Waals surface area contributed by atoms with Crippen molar-refractivity contribution in [1.82, 2.24) is 9.80 Å². The molecule has 4 nitrogen and oxygen atoms in total. The van der Waals surface area contributed by atoms with Gasteiger partial charge in [-0.05, 0) is 97.8 Å². The van der Waals surface area contributed by atoms with Gasteiger partial charge in [-0.3, -0.25) is 19.4 Å². The summed E-state index contributed by atoms with van der Waals surface area (Å²) in [6.45, 7) is 2.78. The normalized spacial score (nSPS) is 33.1. The van der Waals surface area contributed by atoms with Gasteiger partial charge in [-0.25, -0.2) is 0 Å². The van der Waals surface area contributed by atoms with E-state index in [9.17, 15) is 9.59 Å². The molecule has 0 unspecified atom stereocenters. The van der Waals surface area contributed by atoms with Crippen molar-refractivity contribution in [1.29, 1.82) is 0 Å². The van der Waals surface area contributed by atoms with Crippen LogP contribution in [0.3, 0.4) is 0 Å². The second-order valence-corrected chi connectivity index (χ2v) is 11.9. The molecule has 4 saturated carbocycles. The van der Waals surface area contributed by atoms with Gasteiger partial charge in [0.05, 0.1) is 11.1 Å². The summed E-state index contributed by atoms with van der Waals surface area (Å²) in [5, 5.41) is 0. The first-order chi connectivity index (χ1) is 16.6. The van der Waals surface area contributed by atoms with Crippen LogP contribution in [0.15, 0.2) is 48.5 Å². The molecule has 4 bridgehead atoms. The Morgan fingerprint density at radius 2 is 1.38 bits per heavy atom. The molecule has 0 aromatic heterocycles. The SMILES string of the molecule is O=C1c2ccc(C34CC5CC(CC(C5)C3)C4)cc2C(=O)N1C1CCN(Cc2ccccc2)CC1. The van der Waals surface area contributed by atoms with Crippen LogP contribution < -0.4 is 0 Å². The maximum absolute atomic E-state index is 13.5. The third kappa shape index (κ3) is 3.29. The molecule has 34 heavy (non-hydrogen) atoms. The Morgan fingerprint density at radius 3 is 2.03 bits per heavy atom. The molecule has 2 aliphatic heterocycles. The Kier molecular flexibility index (Phi) is 4.77. The fraction of sp³-hybridized carbons (Fsp3) is 0.533. The van der Waals surface area contributed by atoms with Crippen molar-refractivity contribution >= 4 is 11.8 Å². The molecule has 1 saturated heterocycles. The number of benzene rings is 2. The van der Waals surface area contributed by atoms with Crippen LogP contribution in [0.1, 0.15) is 83.2 Å². The molecule has 0 radical (unpaired) electrons. The van der Waals surface area contributed by atoms with Gasteiger partial charge in [0.1, 0.15) is 0 Å². The van der Waals surface area contributed by atoms with E-state index < -0.39 is 0 Å². The van der Waals surface area contributed by atoms with Crippen molar-refractivity contribution in [3.05, 3.63) is 70.8 Å². The first-order valence-corrected chi connectivity index (χ1v) is 13.4. The molecule has 5 fully saturated rings. The highest BCUT2D eigenvalue weighted by atomic mass is 16.2. The lowest BCUT2D eigenvalue weighted by Crippen LogP contribution is -2.48. The fourth-order valence-electron chi connectivity index (χ4n) is 8.56. The van der Waals surface area contributed by atoms with Gasteiger partial charge in [-0.15, -0.1) is 0 Å². The zero-order valence-electron chi connectivity index (χ0n) is 19.9. The van der Waals surface area contributed by atoms with Crippen molar-refractivity contribution in [3.8, 4) is 0 Å². The zero-order valence-corrected chi connectivity index (χ0v) is 19.9. The van der Waals surface area contributed by atoms with E-state index in [-0.39, 0.29) is 23.3 Å². The first kappa shape index (κ1) is 20.9. The van der Waals surface area contributed by atoms with Crippen molar-refractivity contribution in [3.63, 3.8) is 0 Å². The van der Waals surface area contributed by atoms with E-state index in [1.807, 2.05) is 12.1 Å². The summed E-state index contributed by atoms with van der Waals surface area (Å²) >= 11 is 0. The minimum Gasteiger partial charge on any atom is -0.299 e. The van der Waals surface area contributed by atoms with Crippen LogP contribution in [0.25, 0.3) is 0 Å². The summed E-state index contributed by atoms with van der Waals surface area (Å²) in [5.74, 6) is 2.49. The Balaban J connectivity index is 1.08. The summed E-state index contributed by atoms with van der Waals surface area (Å²) in [7, 11) is 0. The number of piperidine rings is 1. The van der Waals surface area contributed by atoms with E-state index in [1.54, 1.807) is 4.90 Å². The number of likely N-dealkylation sites (tertiary alicyclic amines) is 1. The van der Waals surface area contributed by atoms with Crippen LogP contribution in [0.5, 0.6) is 0 Å². The second kappa shape index (κ2) is 7.78. The molecule has 4 aliphatic carbocycles. The van der Waals surface area contributed by atoms with Crippen LogP contribution in [-0.4, -0.2) is 40.7 Å². The Morgan fingerprint density at radius 1 is 0.765 bits per heavy atom. The molecule has 2 aromatic carbocycles. The Hall–Kier alpha value is -2.46.